The zero-order valence-corrected chi connectivity index (χ0v) is 13.5. The van der Waals surface area contributed by atoms with Crippen molar-refractivity contribution in [1.29, 1.82) is 0 Å². The van der Waals surface area contributed by atoms with Gasteiger partial charge in [-0.1, -0.05) is 17.7 Å². The third-order valence-electron chi connectivity index (χ3n) is 4.19. The van der Waals surface area contributed by atoms with Gasteiger partial charge in [0, 0.05) is 23.3 Å². The van der Waals surface area contributed by atoms with Gasteiger partial charge in [-0.25, -0.2) is 0 Å². The first-order valence-electron chi connectivity index (χ1n) is 7.50. The fourth-order valence-electron chi connectivity index (χ4n) is 2.80. The van der Waals surface area contributed by atoms with Crippen molar-refractivity contribution in [3.63, 3.8) is 0 Å². The van der Waals surface area contributed by atoms with Crippen LogP contribution >= 0.6 is 11.6 Å². The highest BCUT2D eigenvalue weighted by molar-refractivity contribution is 6.31. The maximum atomic E-state index is 12.2. The standard InChI is InChI=1S/C16H24ClN3O/c1-11-14(17)6-3-7-15(11)19-16(21)10-20-8-4-5-13(9-20)12(2)18/h3,6-7,12-13H,4-5,8-10,18H2,1-2H3,(H,19,21). The Bertz CT molecular complexity index is 504. The molecule has 116 valence electrons. The van der Waals surface area contributed by atoms with E-state index in [4.69, 9.17) is 17.3 Å². The second kappa shape index (κ2) is 7.25. The van der Waals surface area contributed by atoms with Gasteiger partial charge in [-0.2, -0.15) is 0 Å². The highest BCUT2D eigenvalue weighted by Crippen LogP contribution is 2.23. The van der Waals surface area contributed by atoms with E-state index in [1.807, 2.05) is 32.0 Å². The van der Waals surface area contributed by atoms with Crippen molar-refractivity contribution >= 4 is 23.2 Å². The van der Waals surface area contributed by atoms with Crippen molar-refractivity contribution in [1.82, 2.24) is 4.90 Å². The Labute approximate surface area is 131 Å². The van der Waals surface area contributed by atoms with Crippen LogP contribution in [0.5, 0.6) is 0 Å². The monoisotopic (exact) mass is 309 g/mol. The molecule has 0 aromatic heterocycles. The van der Waals surface area contributed by atoms with Crippen LogP contribution in [0.3, 0.4) is 0 Å². The molecule has 1 heterocycles. The van der Waals surface area contributed by atoms with E-state index in [0.717, 1.165) is 37.2 Å². The number of nitrogens with zero attached hydrogens (tertiary/aromatic N) is 1. The van der Waals surface area contributed by atoms with Crippen molar-refractivity contribution < 1.29 is 4.79 Å². The molecular formula is C16H24ClN3O. The normalized spacial score (nSPS) is 21.0. The Morgan fingerprint density at radius 1 is 1.57 bits per heavy atom. The van der Waals surface area contributed by atoms with Crippen molar-refractivity contribution in [3.8, 4) is 0 Å². The number of hydrogen-bond donors (Lipinski definition) is 2. The number of piperidine rings is 1. The lowest BCUT2D eigenvalue weighted by Gasteiger charge is -2.34. The van der Waals surface area contributed by atoms with E-state index in [2.05, 4.69) is 10.2 Å². The minimum atomic E-state index is 0.00527. The molecule has 0 saturated carbocycles. The van der Waals surface area contributed by atoms with Gasteiger partial charge >= 0.3 is 0 Å². The number of nitrogens with one attached hydrogen (secondary N) is 1. The molecule has 1 aliphatic heterocycles. The summed E-state index contributed by atoms with van der Waals surface area (Å²) in [6, 6.07) is 5.73. The number of hydrogen-bond acceptors (Lipinski definition) is 3. The second-order valence-corrected chi connectivity index (χ2v) is 6.36. The third kappa shape index (κ3) is 4.43. The minimum absolute atomic E-state index is 0.00527. The smallest absolute Gasteiger partial charge is 0.238 e. The van der Waals surface area contributed by atoms with Crippen molar-refractivity contribution in [2.75, 3.05) is 25.0 Å². The zero-order valence-electron chi connectivity index (χ0n) is 12.7. The van der Waals surface area contributed by atoms with Crippen LogP contribution in [-0.4, -0.2) is 36.5 Å². The molecule has 2 unspecified atom stereocenters. The first kappa shape index (κ1) is 16.3. The molecule has 21 heavy (non-hydrogen) atoms. The largest absolute Gasteiger partial charge is 0.328 e. The topological polar surface area (TPSA) is 58.4 Å². The molecule has 3 N–H and O–H groups in total. The molecule has 1 amide bonds. The summed E-state index contributed by atoms with van der Waals surface area (Å²) in [5.74, 6) is 0.491. The molecule has 1 aliphatic rings. The highest BCUT2D eigenvalue weighted by Gasteiger charge is 2.24. The summed E-state index contributed by atoms with van der Waals surface area (Å²) in [5.41, 5.74) is 7.67. The van der Waals surface area contributed by atoms with Gasteiger partial charge in [0.25, 0.3) is 0 Å². The lowest BCUT2D eigenvalue weighted by Crippen LogP contribution is -2.45. The number of rotatable bonds is 4. The number of halogens is 1. The van der Waals surface area contributed by atoms with E-state index in [1.54, 1.807) is 0 Å². The van der Waals surface area contributed by atoms with Crippen molar-refractivity contribution in [2.24, 2.45) is 11.7 Å². The van der Waals surface area contributed by atoms with Gasteiger partial charge in [0.05, 0.1) is 6.54 Å². The second-order valence-electron chi connectivity index (χ2n) is 5.96. The summed E-state index contributed by atoms with van der Waals surface area (Å²) in [6.45, 7) is 6.23. The molecule has 1 aromatic carbocycles. The lowest BCUT2D eigenvalue weighted by atomic mass is 9.92. The number of carbonyl (C=O) groups is 1. The van der Waals surface area contributed by atoms with Crippen LogP contribution in [0.1, 0.15) is 25.3 Å². The molecule has 1 fully saturated rings. The van der Waals surface area contributed by atoms with E-state index in [9.17, 15) is 4.79 Å². The van der Waals surface area contributed by atoms with Crippen LogP contribution in [0.4, 0.5) is 5.69 Å². The highest BCUT2D eigenvalue weighted by atomic mass is 35.5. The Morgan fingerprint density at radius 3 is 3.05 bits per heavy atom. The van der Waals surface area contributed by atoms with Gasteiger partial charge in [-0.05, 0) is 56.8 Å². The maximum absolute atomic E-state index is 12.2. The van der Waals surface area contributed by atoms with E-state index in [0.29, 0.717) is 17.5 Å². The number of carbonyl (C=O) groups excluding carboxylic acids is 1. The molecule has 5 heteroatoms. The summed E-state index contributed by atoms with van der Waals surface area (Å²) in [7, 11) is 0. The molecule has 2 rings (SSSR count). The summed E-state index contributed by atoms with van der Waals surface area (Å²) < 4.78 is 0. The number of amides is 1. The molecule has 0 bridgehead atoms. The average molecular weight is 310 g/mol. The first-order chi connectivity index (χ1) is 9.97. The number of nitrogens with two attached hydrogens (primary N) is 1. The van der Waals surface area contributed by atoms with E-state index >= 15 is 0 Å². The van der Waals surface area contributed by atoms with Gasteiger partial charge in [-0.15, -0.1) is 0 Å². The Balaban J connectivity index is 1.91. The SMILES string of the molecule is Cc1c(Cl)cccc1NC(=O)CN1CCCC(C(C)N)C1. The summed E-state index contributed by atoms with van der Waals surface area (Å²) >= 11 is 6.07. The maximum Gasteiger partial charge on any atom is 0.238 e. The molecule has 0 spiro atoms. The van der Waals surface area contributed by atoms with Crippen LogP contribution in [-0.2, 0) is 4.79 Å². The first-order valence-corrected chi connectivity index (χ1v) is 7.88. The lowest BCUT2D eigenvalue weighted by molar-refractivity contribution is -0.117. The average Bonchev–Trinajstić information content (AvgIpc) is 2.44. The quantitative estimate of drug-likeness (QED) is 0.899. The van der Waals surface area contributed by atoms with Crippen LogP contribution in [0.25, 0.3) is 0 Å². The minimum Gasteiger partial charge on any atom is -0.328 e. The molecule has 4 nitrogen and oxygen atoms in total. The van der Waals surface area contributed by atoms with E-state index < -0.39 is 0 Å². The number of benzene rings is 1. The molecule has 0 aliphatic carbocycles. The fraction of sp³-hybridized carbons (Fsp3) is 0.562. The molecular weight excluding hydrogens is 286 g/mol. The van der Waals surface area contributed by atoms with Gasteiger partial charge in [-0.3, -0.25) is 9.69 Å². The van der Waals surface area contributed by atoms with Crippen LogP contribution in [0.15, 0.2) is 18.2 Å². The van der Waals surface area contributed by atoms with Gasteiger partial charge in [0.1, 0.15) is 0 Å². The van der Waals surface area contributed by atoms with Crippen LogP contribution in [0, 0.1) is 12.8 Å². The Kier molecular flexibility index (Phi) is 5.62. The van der Waals surface area contributed by atoms with E-state index in [-0.39, 0.29) is 11.9 Å². The fourth-order valence-corrected chi connectivity index (χ4v) is 2.97. The summed E-state index contributed by atoms with van der Waals surface area (Å²) in [6.07, 6.45) is 2.26. The van der Waals surface area contributed by atoms with Crippen molar-refractivity contribution in [3.05, 3.63) is 28.8 Å². The number of likely N-dealkylation sites (tertiary alicyclic amines) is 1. The van der Waals surface area contributed by atoms with Gasteiger partial charge < -0.3 is 11.1 Å². The summed E-state index contributed by atoms with van der Waals surface area (Å²) in [5, 5.41) is 3.62. The van der Waals surface area contributed by atoms with Crippen molar-refractivity contribution in [2.45, 2.75) is 32.7 Å². The van der Waals surface area contributed by atoms with Gasteiger partial charge in [0.15, 0.2) is 0 Å². The molecule has 1 saturated heterocycles. The van der Waals surface area contributed by atoms with Gasteiger partial charge in [0.2, 0.25) is 5.91 Å². The molecule has 0 radical (unpaired) electrons. The zero-order chi connectivity index (χ0) is 15.4. The predicted octanol–water partition coefficient (Wildman–Crippen LogP) is 2.65. The number of anilines is 1. The van der Waals surface area contributed by atoms with Crippen LogP contribution < -0.4 is 11.1 Å². The Hall–Kier alpha value is -1.10. The molecule has 2 atom stereocenters. The van der Waals surface area contributed by atoms with Crippen LogP contribution in [0.2, 0.25) is 5.02 Å². The third-order valence-corrected chi connectivity index (χ3v) is 4.60. The summed E-state index contributed by atoms with van der Waals surface area (Å²) in [4.78, 5) is 14.4. The Morgan fingerprint density at radius 2 is 2.33 bits per heavy atom. The molecule has 1 aromatic rings. The predicted molar refractivity (Wildman–Crippen MR) is 87.6 cm³/mol. The van der Waals surface area contributed by atoms with E-state index in [1.165, 1.54) is 0 Å².